The fraction of sp³-hybridized carbons (Fsp3) is 0.273. The first-order chi connectivity index (χ1) is 14.5. The average molecular weight is 423 g/mol. The Morgan fingerprint density at radius 3 is 2.67 bits per heavy atom. The van der Waals surface area contributed by atoms with Crippen LogP contribution in [0.3, 0.4) is 0 Å². The molecule has 0 spiro atoms. The maximum Gasteiger partial charge on any atom is 0.258 e. The van der Waals surface area contributed by atoms with Gasteiger partial charge in [-0.3, -0.25) is 14.4 Å². The van der Waals surface area contributed by atoms with Gasteiger partial charge in [-0.25, -0.2) is 4.98 Å². The number of para-hydroxylation sites is 1. The van der Waals surface area contributed by atoms with E-state index >= 15 is 0 Å². The van der Waals surface area contributed by atoms with Crippen molar-refractivity contribution in [1.29, 1.82) is 0 Å². The Morgan fingerprint density at radius 2 is 1.93 bits per heavy atom. The third kappa shape index (κ3) is 3.95. The molecule has 4 rings (SSSR count). The van der Waals surface area contributed by atoms with E-state index in [1.165, 1.54) is 4.90 Å². The van der Waals surface area contributed by atoms with Gasteiger partial charge in [0.05, 0.1) is 23.4 Å². The van der Waals surface area contributed by atoms with Crippen molar-refractivity contribution in [3.05, 3.63) is 64.7 Å². The minimum atomic E-state index is -0.421. The van der Waals surface area contributed by atoms with E-state index in [1.807, 2.05) is 36.6 Å². The number of nitrogens with zero attached hydrogens (tertiary/aromatic N) is 3. The number of anilines is 1. The zero-order valence-electron chi connectivity index (χ0n) is 16.8. The van der Waals surface area contributed by atoms with E-state index in [2.05, 4.69) is 9.97 Å². The Hall–Kier alpha value is -3.13. The second-order valence-corrected chi connectivity index (χ2v) is 8.21. The van der Waals surface area contributed by atoms with Gasteiger partial charge in [0.1, 0.15) is 5.82 Å². The van der Waals surface area contributed by atoms with E-state index in [0.29, 0.717) is 23.3 Å². The average Bonchev–Trinajstić information content (AvgIpc) is 3.14. The van der Waals surface area contributed by atoms with Crippen LogP contribution in [0.1, 0.15) is 12.2 Å². The molecule has 154 valence electrons. The monoisotopic (exact) mass is 422 g/mol. The van der Waals surface area contributed by atoms with Crippen LogP contribution in [0.2, 0.25) is 0 Å². The van der Waals surface area contributed by atoms with Gasteiger partial charge in [-0.15, -0.1) is 11.8 Å². The number of amides is 2. The molecule has 2 heterocycles. The molecular formula is C22H22N4O3S. The van der Waals surface area contributed by atoms with Crippen LogP contribution in [0.25, 0.3) is 10.9 Å². The van der Waals surface area contributed by atoms with Crippen molar-refractivity contribution in [3.63, 3.8) is 0 Å². The van der Waals surface area contributed by atoms with Crippen molar-refractivity contribution in [3.8, 4) is 0 Å². The fourth-order valence-electron chi connectivity index (χ4n) is 3.71. The van der Waals surface area contributed by atoms with Gasteiger partial charge < -0.3 is 14.8 Å². The van der Waals surface area contributed by atoms with Crippen molar-refractivity contribution in [2.75, 3.05) is 24.7 Å². The minimum Gasteiger partial charge on any atom is -0.338 e. The van der Waals surface area contributed by atoms with E-state index in [1.54, 1.807) is 41.9 Å². The summed E-state index contributed by atoms with van der Waals surface area (Å²) in [7, 11) is 1.66. The first kappa shape index (κ1) is 20.2. The number of aromatic amines is 1. The van der Waals surface area contributed by atoms with Crippen molar-refractivity contribution in [1.82, 2.24) is 14.9 Å². The van der Waals surface area contributed by atoms with Crippen molar-refractivity contribution in [2.24, 2.45) is 5.92 Å². The summed E-state index contributed by atoms with van der Waals surface area (Å²) in [5.74, 6) is -0.198. The highest BCUT2D eigenvalue weighted by Gasteiger charge is 2.36. The topological polar surface area (TPSA) is 86.4 Å². The molecule has 2 aromatic carbocycles. The molecule has 1 atom stereocenters. The lowest BCUT2D eigenvalue weighted by Crippen LogP contribution is -2.35. The number of carbonyl (C=O) groups excluding carboxylic acids is 2. The molecule has 3 aromatic rings. The summed E-state index contributed by atoms with van der Waals surface area (Å²) in [6.45, 7) is 0.522. The van der Waals surface area contributed by atoms with Gasteiger partial charge in [-0.05, 0) is 42.7 Å². The molecule has 1 aliphatic rings. The molecule has 1 unspecified atom stereocenters. The summed E-state index contributed by atoms with van der Waals surface area (Å²) >= 11 is 1.64. The van der Waals surface area contributed by atoms with Gasteiger partial charge in [0, 0.05) is 30.6 Å². The second-order valence-electron chi connectivity index (χ2n) is 7.33. The maximum atomic E-state index is 12.9. The molecular weight excluding hydrogens is 400 g/mol. The standard InChI is InChI=1S/C22H22N4O3S/c1-25(13-19-23-18-6-4-3-5-17(18)21(28)24-19)22(29)14-11-20(27)26(12-14)15-7-9-16(30-2)10-8-15/h3-10,14H,11-13H2,1-2H3,(H,23,24,28). The number of nitrogens with one attached hydrogen (secondary N) is 1. The molecule has 1 fully saturated rings. The molecule has 1 N–H and O–H groups in total. The fourth-order valence-corrected chi connectivity index (χ4v) is 4.12. The summed E-state index contributed by atoms with van der Waals surface area (Å²) in [5, 5.41) is 0.514. The number of hydrogen-bond acceptors (Lipinski definition) is 5. The second kappa shape index (κ2) is 8.31. The molecule has 1 aliphatic heterocycles. The quantitative estimate of drug-likeness (QED) is 0.639. The zero-order chi connectivity index (χ0) is 21.3. The van der Waals surface area contributed by atoms with E-state index < -0.39 is 5.92 Å². The van der Waals surface area contributed by atoms with Gasteiger partial charge in [0.25, 0.3) is 5.56 Å². The molecule has 1 saturated heterocycles. The van der Waals surface area contributed by atoms with E-state index in [4.69, 9.17) is 0 Å². The van der Waals surface area contributed by atoms with Crippen LogP contribution in [-0.2, 0) is 16.1 Å². The van der Waals surface area contributed by atoms with Crippen LogP contribution < -0.4 is 10.5 Å². The maximum absolute atomic E-state index is 12.9. The van der Waals surface area contributed by atoms with Crippen LogP contribution in [-0.4, -0.2) is 46.5 Å². The summed E-state index contributed by atoms with van der Waals surface area (Å²) in [6, 6.07) is 14.8. The molecule has 30 heavy (non-hydrogen) atoms. The highest BCUT2D eigenvalue weighted by atomic mass is 32.2. The Morgan fingerprint density at radius 1 is 1.20 bits per heavy atom. The molecule has 0 radical (unpaired) electrons. The first-order valence-corrected chi connectivity index (χ1v) is 10.9. The van der Waals surface area contributed by atoms with E-state index in [-0.39, 0.29) is 30.3 Å². The Balaban J connectivity index is 1.46. The summed E-state index contributed by atoms with van der Waals surface area (Å²) in [6.07, 6.45) is 2.17. The molecule has 0 aliphatic carbocycles. The molecule has 8 heteroatoms. The van der Waals surface area contributed by atoms with Gasteiger partial charge in [-0.1, -0.05) is 12.1 Å². The zero-order valence-corrected chi connectivity index (χ0v) is 17.6. The van der Waals surface area contributed by atoms with E-state index in [0.717, 1.165) is 10.6 Å². The highest BCUT2D eigenvalue weighted by Crippen LogP contribution is 2.28. The molecule has 0 saturated carbocycles. The van der Waals surface area contributed by atoms with Gasteiger partial charge in [0.2, 0.25) is 11.8 Å². The normalized spacial score (nSPS) is 16.3. The summed E-state index contributed by atoms with van der Waals surface area (Å²) in [4.78, 5) is 49.2. The van der Waals surface area contributed by atoms with Crippen molar-refractivity contribution < 1.29 is 9.59 Å². The number of H-pyrrole nitrogens is 1. The lowest BCUT2D eigenvalue weighted by molar-refractivity contribution is -0.135. The van der Waals surface area contributed by atoms with Crippen LogP contribution in [0.5, 0.6) is 0 Å². The number of carbonyl (C=O) groups is 2. The third-order valence-electron chi connectivity index (χ3n) is 5.28. The molecule has 0 bridgehead atoms. The number of rotatable bonds is 5. The van der Waals surface area contributed by atoms with Crippen LogP contribution in [0, 0.1) is 5.92 Å². The SMILES string of the molecule is CSc1ccc(N2CC(C(=O)N(C)Cc3nc4ccccc4c(=O)[nH]3)CC2=O)cc1. The lowest BCUT2D eigenvalue weighted by atomic mass is 10.1. The van der Waals surface area contributed by atoms with Crippen LogP contribution in [0.4, 0.5) is 5.69 Å². The van der Waals surface area contributed by atoms with E-state index in [9.17, 15) is 14.4 Å². The van der Waals surface area contributed by atoms with Gasteiger partial charge in [-0.2, -0.15) is 0 Å². The molecule has 1 aromatic heterocycles. The van der Waals surface area contributed by atoms with Crippen LogP contribution in [0.15, 0.2) is 58.2 Å². The Kier molecular flexibility index (Phi) is 5.59. The minimum absolute atomic E-state index is 0.0594. The number of fused-ring (bicyclic) bond motifs is 1. The third-order valence-corrected chi connectivity index (χ3v) is 6.03. The number of aromatic nitrogens is 2. The Labute approximate surface area is 178 Å². The van der Waals surface area contributed by atoms with Crippen LogP contribution >= 0.6 is 11.8 Å². The summed E-state index contributed by atoms with van der Waals surface area (Å²) < 4.78 is 0. The lowest BCUT2D eigenvalue weighted by Gasteiger charge is -2.21. The smallest absolute Gasteiger partial charge is 0.258 e. The Bertz CT molecular complexity index is 1160. The van der Waals surface area contributed by atoms with Crippen molar-refractivity contribution in [2.45, 2.75) is 17.9 Å². The summed E-state index contributed by atoms with van der Waals surface area (Å²) in [5.41, 5.74) is 1.16. The molecule has 7 nitrogen and oxygen atoms in total. The highest BCUT2D eigenvalue weighted by molar-refractivity contribution is 7.98. The predicted octanol–water partition coefficient (Wildman–Crippen LogP) is 2.66. The first-order valence-electron chi connectivity index (χ1n) is 9.63. The number of benzene rings is 2. The van der Waals surface area contributed by atoms with Gasteiger partial charge in [0.15, 0.2) is 0 Å². The molecule has 2 amide bonds. The number of hydrogen-bond donors (Lipinski definition) is 1. The van der Waals surface area contributed by atoms with Gasteiger partial charge >= 0.3 is 0 Å². The largest absolute Gasteiger partial charge is 0.338 e. The predicted molar refractivity (Wildman–Crippen MR) is 118 cm³/mol. The number of thioether (sulfide) groups is 1. The van der Waals surface area contributed by atoms with Crippen molar-refractivity contribution >= 4 is 40.2 Å².